The van der Waals surface area contributed by atoms with E-state index < -0.39 is 23.3 Å². The first-order valence-corrected chi connectivity index (χ1v) is 6.25. The molecule has 0 fully saturated rings. The standard InChI is InChI=1S/C14H11F3N2O3/c15-14(16,17)10-3-1-2-9(8-10)11-4-5-12(20)19(18-11)7-6-13(21)22/h1-5,8H,6-7H2,(H,21,22). The fourth-order valence-corrected chi connectivity index (χ4v) is 1.82. The third-order valence-corrected chi connectivity index (χ3v) is 2.89. The van der Waals surface area contributed by atoms with Crippen LogP contribution in [0.15, 0.2) is 41.2 Å². The van der Waals surface area contributed by atoms with Gasteiger partial charge in [-0.3, -0.25) is 9.59 Å². The summed E-state index contributed by atoms with van der Waals surface area (Å²) < 4.78 is 39.0. The summed E-state index contributed by atoms with van der Waals surface area (Å²) in [5.74, 6) is -1.10. The molecule has 0 radical (unpaired) electrons. The zero-order chi connectivity index (χ0) is 16.3. The average Bonchev–Trinajstić information content (AvgIpc) is 2.45. The molecule has 1 aromatic heterocycles. The molecule has 0 atom stereocenters. The number of aliphatic carboxylic acids is 1. The average molecular weight is 312 g/mol. The molecular weight excluding hydrogens is 301 g/mol. The summed E-state index contributed by atoms with van der Waals surface area (Å²) in [6.07, 6.45) is -4.79. The van der Waals surface area contributed by atoms with E-state index in [0.29, 0.717) is 0 Å². The van der Waals surface area contributed by atoms with E-state index in [1.54, 1.807) is 0 Å². The van der Waals surface area contributed by atoms with Crippen LogP contribution in [-0.4, -0.2) is 20.9 Å². The number of aryl methyl sites for hydroxylation is 1. The van der Waals surface area contributed by atoms with E-state index in [9.17, 15) is 22.8 Å². The van der Waals surface area contributed by atoms with Crippen molar-refractivity contribution in [2.75, 3.05) is 0 Å². The van der Waals surface area contributed by atoms with Crippen molar-refractivity contribution >= 4 is 5.97 Å². The van der Waals surface area contributed by atoms with Crippen molar-refractivity contribution in [3.63, 3.8) is 0 Å². The minimum atomic E-state index is -4.48. The highest BCUT2D eigenvalue weighted by molar-refractivity contribution is 5.66. The first-order chi connectivity index (χ1) is 10.3. The van der Waals surface area contributed by atoms with Crippen molar-refractivity contribution in [3.05, 3.63) is 52.3 Å². The molecule has 1 heterocycles. The number of nitrogens with zero attached hydrogens (tertiary/aromatic N) is 2. The Morgan fingerprint density at radius 1 is 1.23 bits per heavy atom. The number of aromatic nitrogens is 2. The molecule has 2 rings (SSSR count). The molecule has 0 amide bonds. The van der Waals surface area contributed by atoms with Crippen LogP contribution in [0.5, 0.6) is 0 Å². The molecule has 0 unspecified atom stereocenters. The predicted octanol–water partition coefficient (Wildman–Crippen LogP) is 2.40. The second-order valence-corrected chi connectivity index (χ2v) is 4.50. The SMILES string of the molecule is O=C(O)CCn1nc(-c2cccc(C(F)(F)F)c2)ccc1=O. The van der Waals surface area contributed by atoms with E-state index in [1.165, 1.54) is 18.2 Å². The van der Waals surface area contributed by atoms with Gasteiger partial charge in [-0.1, -0.05) is 12.1 Å². The van der Waals surface area contributed by atoms with Crippen molar-refractivity contribution in [1.82, 2.24) is 9.78 Å². The lowest BCUT2D eigenvalue weighted by Gasteiger charge is -2.09. The molecule has 1 N–H and O–H groups in total. The highest BCUT2D eigenvalue weighted by atomic mass is 19.4. The molecule has 2 aromatic rings. The molecule has 0 aliphatic rings. The zero-order valence-electron chi connectivity index (χ0n) is 11.2. The lowest BCUT2D eigenvalue weighted by molar-refractivity contribution is -0.138. The fraction of sp³-hybridized carbons (Fsp3) is 0.214. The van der Waals surface area contributed by atoms with E-state index in [4.69, 9.17) is 5.11 Å². The number of carbonyl (C=O) groups is 1. The maximum Gasteiger partial charge on any atom is 0.416 e. The second-order valence-electron chi connectivity index (χ2n) is 4.50. The van der Waals surface area contributed by atoms with E-state index in [-0.39, 0.29) is 24.2 Å². The van der Waals surface area contributed by atoms with Crippen molar-refractivity contribution in [2.24, 2.45) is 0 Å². The molecule has 0 spiro atoms. The minimum Gasteiger partial charge on any atom is -0.481 e. The van der Waals surface area contributed by atoms with Crippen molar-refractivity contribution in [1.29, 1.82) is 0 Å². The Kier molecular flexibility index (Phi) is 4.30. The van der Waals surface area contributed by atoms with E-state index >= 15 is 0 Å². The van der Waals surface area contributed by atoms with Gasteiger partial charge in [0.2, 0.25) is 0 Å². The number of hydrogen-bond donors (Lipinski definition) is 1. The van der Waals surface area contributed by atoms with Crippen LogP contribution in [0.1, 0.15) is 12.0 Å². The molecule has 0 saturated heterocycles. The normalized spacial score (nSPS) is 11.4. The topological polar surface area (TPSA) is 72.2 Å². The van der Waals surface area contributed by atoms with Gasteiger partial charge >= 0.3 is 12.1 Å². The molecule has 5 nitrogen and oxygen atoms in total. The smallest absolute Gasteiger partial charge is 0.416 e. The number of carboxylic acid groups (broad SMARTS) is 1. The molecule has 22 heavy (non-hydrogen) atoms. The third kappa shape index (κ3) is 3.72. The predicted molar refractivity (Wildman–Crippen MR) is 71.2 cm³/mol. The Morgan fingerprint density at radius 2 is 1.95 bits per heavy atom. The van der Waals surface area contributed by atoms with Crippen molar-refractivity contribution in [2.45, 2.75) is 19.1 Å². The molecule has 8 heteroatoms. The summed E-state index contributed by atoms with van der Waals surface area (Å²) >= 11 is 0. The van der Waals surface area contributed by atoms with Gasteiger partial charge in [-0.05, 0) is 18.2 Å². The minimum absolute atomic E-state index is 0.152. The Hall–Kier alpha value is -2.64. The summed E-state index contributed by atoms with van der Waals surface area (Å²) in [5.41, 5.74) is -0.984. The van der Waals surface area contributed by atoms with Gasteiger partial charge < -0.3 is 5.11 Å². The monoisotopic (exact) mass is 312 g/mol. The van der Waals surface area contributed by atoms with Crippen LogP contribution in [-0.2, 0) is 17.5 Å². The first kappa shape index (κ1) is 15.7. The van der Waals surface area contributed by atoms with Gasteiger partial charge in [0.05, 0.1) is 24.2 Å². The Morgan fingerprint density at radius 3 is 2.59 bits per heavy atom. The highest BCUT2D eigenvalue weighted by Gasteiger charge is 2.30. The maximum atomic E-state index is 12.7. The van der Waals surface area contributed by atoms with Crippen LogP contribution >= 0.6 is 0 Å². The Balaban J connectivity index is 2.39. The van der Waals surface area contributed by atoms with Gasteiger partial charge in [0, 0.05) is 11.6 Å². The molecule has 1 aromatic carbocycles. The summed E-state index contributed by atoms with van der Waals surface area (Å²) in [5, 5.41) is 12.5. The molecule has 0 saturated carbocycles. The lowest BCUT2D eigenvalue weighted by Crippen LogP contribution is -2.23. The third-order valence-electron chi connectivity index (χ3n) is 2.89. The van der Waals surface area contributed by atoms with Gasteiger partial charge in [0.25, 0.3) is 5.56 Å². The fourth-order valence-electron chi connectivity index (χ4n) is 1.82. The van der Waals surface area contributed by atoms with Crippen molar-refractivity contribution in [3.8, 4) is 11.3 Å². The Bertz CT molecular complexity index is 753. The van der Waals surface area contributed by atoms with Gasteiger partial charge in [-0.2, -0.15) is 18.3 Å². The van der Waals surface area contributed by atoms with Gasteiger partial charge in [-0.15, -0.1) is 0 Å². The maximum absolute atomic E-state index is 12.7. The number of benzene rings is 1. The summed E-state index contributed by atoms with van der Waals surface area (Å²) in [6.45, 7) is -0.152. The van der Waals surface area contributed by atoms with Gasteiger partial charge in [0.15, 0.2) is 0 Å². The van der Waals surface area contributed by atoms with E-state index in [0.717, 1.165) is 22.9 Å². The number of halogens is 3. The first-order valence-electron chi connectivity index (χ1n) is 6.25. The quantitative estimate of drug-likeness (QED) is 0.941. The van der Waals surface area contributed by atoms with Gasteiger partial charge in [0.1, 0.15) is 0 Å². The summed E-state index contributed by atoms with van der Waals surface area (Å²) in [6, 6.07) is 6.98. The zero-order valence-corrected chi connectivity index (χ0v) is 11.2. The van der Waals surface area contributed by atoms with Crippen LogP contribution in [0.4, 0.5) is 13.2 Å². The molecule has 0 bridgehead atoms. The number of rotatable bonds is 4. The molecule has 116 valence electrons. The molecule has 0 aliphatic carbocycles. The molecular formula is C14H11F3N2O3. The van der Waals surface area contributed by atoms with Crippen LogP contribution < -0.4 is 5.56 Å². The van der Waals surface area contributed by atoms with Crippen LogP contribution in [0.3, 0.4) is 0 Å². The Labute approximate surface area is 122 Å². The second kappa shape index (κ2) is 6.00. The van der Waals surface area contributed by atoms with Crippen molar-refractivity contribution < 1.29 is 23.1 Å². The van der Waals surface area contributed by atoms with Crippen LogP contribution in [0.2, 0.25) is 0 Å². The highest BCUT2D eigenvalue weighted by Crippen LogP contribution is 2.31. The summed E-state index contributed by atoms with van der Waals surface area (Å²) in [7, 11) is 0. The van der Waals surface area contributed by atoms with Crippen LogP contribution in [0, 0.1) is 0 Å². The summed E-state index contributed by atoms with van der Waals surface area (Å²) in [4.78, 5) is 22.1. The van der Waals surface area contributed by atoms with Gasteiger partial charge in [-0.25, -0.2) is 4.68 Å². The van der Waals surface area contributed by atoms with E-state index in [1.807, 2.05) is 0 Å². The van der Waals surface area contributed by atoms with Crippen LogP contribution in [0.25, 0.3) is 11.3 Å². The van der Waals surface area contributed by atoms with E-state index in [2.05, 4.69) is 5.10 Å². The largest absolute Gasteiger partial charge is 0.481 e. The number of alkyl halides is 3. The number of carboxylic acids is 1. The lowest BCUT2D eigenvalue weighted by atomic mass is 10.1. The number of hydrogen-bond acceptors (Lipinski definition) is 3. The molecule has 0 aliphatic heterocycles.